The largest absolute Gasteiger partial charge is 0.381 e. The highest BCUT2D eigenvalue weighted by molar-refractivity contribution is 14.0. The third-order valence-corrected chi connectivity index (χ3v) is 5.64. The molecule has 0 aliphatic carbocycles. The van der Waals surface area contributed by atoms with Gasteiger partial charge in [-0.25, -0.2) is 9.98 Å². The SMILES string of the molecule is CN(C)C(=O)CN=C(NCCc1csc(C(C)(C)C)n1)NCC1CCOC1.I. The van der Waals surface area contributed by atoms with Gasteiger partial charge in [0.2, 0.25) is 5.91 Å². The van der Waals surface area contributed by atoms with Crippen molar-refractivity contribution in [3.8, 4) is 0 Å². The second kappa shape index (κ2) is 11.9. The third-order valence-electron chi connectivity index (χ3n) is 4.32. The minimum absolute atomic E-state index is 0. The number of aliphatic imine (C=N–C) groups is 1. The number of likely N-dealkylation sites (N-methyl/N-ethyl adjacent to an activating group) is 1. The van der Waals surface area contributed by atoms with Gasteiger partial charge in [-0.1, -0.05) is 20.8 Å². The molecule has 0 aromatic carbocycles. The second-order valence-corrected chi connectivity index (χ2v) is 8.99. The van der Waals surface area contributed by atoms with E-state index in [-0.39, 0.29) is 41.8 Å². The van der Waals surface area contributed by atoms with Crippen LogP contribution in [-0.4, -0.2) is 68.7 Å². The maximum atomic E-state index is 11.8. The van der Waals surface area contributed by atoms with Crippen LogP contribution in [0.1, 0.15) is 37.9 Å². The summed E-state index contributed by atoms with van der Waals surface area (Å²) in [5.41, 5.74) is 1.17. The fourth-order valence-corrected chi connectivity index (χ4v) is 3.46. The number of aromatic nitrogens is 1. The van der Waals surface area contributed by atoms with E-state index in [1.54, 1.807) is 30.3 Å². The average molecular weight is 523 g/mol. The standard InChI is InChI=1S/C19H33N5O2S.HI/c1-19(2,3)17-23-15(13-27-17)6-8-20-18(22-11-16(25)24(4)5)21-10-14-7-9-26-12-14;/h13-14H,6-12H2,1-5H3,(H2,20,21,22);1H. The molecule has 0 radical (unpaired) electrons. The fourth-order valence-electron chi connectivity index (χ4n) is 2.52. The lowest BCUT2D eigenvalue weighted by Crippen LogP contribution is -2.41. The van der Waals surface area contributed by atoms with Crippen LogP contribution in [0.3, 0.4) is 0 Å². The van der Waals surface area contributed by atoms with Crippen molar-refractivity contribution >= 4 is 47.2 Å². The van der Waals surface area contributed by atoms with Crippen LogP contribution in [0.25, 0.3) is 0 Å². The van der Waals surface area contributed by atoms with Crippen LogP contribution in [0.2, 0.25) is 0 Å². The highest BCUT2D eigenvalue weighted by atomic mass is 127. The summed E-state index contributed by atoms with van der Waals surface area (Å²) in [6, 6.07) is 0. The van der Waals surface area contributed by atoms with E-state index in [1.807, 2.05) is 0 Å². The second-order valence-electron chi connectivity index (χ2n) is 8.13. The summed E-state index contributed by atoms with van der Waals surface area (Å²) in [4.78, 5) is 22.5. The molecule has 9 heteroatoms. The Morgan fingerprint density at radius 3 is 2.71 bits per heavy atom. The summed E-state index contributed by atoms with van der Waals surface area (Å²) in [5.74, 6) is 1.15. The van der Waals surface area contributed by atoms with E-state index < -0.39 is 0 Å². The van der Waals surface area contributed by atoms with Gasteiger partial charge in [-0.2, -0.15) is 0 Å². The number of rotatable bonds is 7. The van der Waals surface area contributed by atoms with Gasteiger partial charge in [-0.15, -0.1) is 35.3 Å². The highest BCUT2D eigenvalue weighted by Gasteiger charge is 2.18. The van der Waals surface area contributed by atoms with Crippen LogP contribution >= 0.6 is 35.3 Å². The van der Waals surface area contributed by atoms with Crippen LogP contribution < -0.4 is 10.6 Å². The molecule has 2 rings (SSSR count). The minimum atomic E-state index is -0.0189. The van der Waals surface area contributed by atoms with Crippen LogP contribution in [0.4, 0.5) is 0 Å². The molecule has 1 fully saturated rings. The van der Waals surface area contributed by atoms with Crippen molar-refractivity contribution in [1.29, 1.82) is 0 Å². The molecule has 160 valence electrons. The zero-order valence-corrected chi connectivity index (χ0v) is 20.7. The number of hydrogen-bond acceptors (Lipinski definition) is 5. The maximum Gasteiger partial charge on any atom is 0.243 e. The zero-order chi connectivity index (χ0) is 19.9. The first-order valence-corrected chi connectivity index (χ1v) is 10.4. The maximum absolute atomic E-state index is 11.8. The summed E-state index contributed by atoms with van der Waals surface area (Å²) in [6.45, 7) is 9.79. The van der Waals surface area contributed by atoms with Crippen LogP contribution in [0, 0.1) is 5.92 Å². The molecular weight excluding hydrogens is 489 g/mol. The first-order valence-electron chi connectivity index (χ1n) is 9.50. The molecule has 0 saturated carbocycles. The number of carbonyl (C=O) groups excluding carboxylic acids is 1. The number of hydrogen-bond donors (Lipinski definition) is 2. The molecule has 1 aliphatic rings. The van der Waals surface area contributed by atoms with E-state index in [4.69, 9.17) is 9.72 Å². The number of halogens is 1. The molecule has 1 saturated heterocycles. The summed E-state index contributed by atoms with van der Waals surface area (Å²) in [6.07, 6.45) is 1.88. The van der Waals surface area contributed by atoms with E-state index in [0.717, 1.165) is 49.8 Å². The Hall–Kier alpha value is -0.940. The molecular formula is C19H34IN5O2S. The van der Waals surface area contributed by atoms with Gasteiger partial charge in [-0.05, 0) is 6.42 Å². The van der Waals surface area contributed by atoms with E-state index in [2.05, 4.69) is 41.8 Å². The molecule has 0 spiro atoms. The lowest BCUT2D eigenvalue weighted by Gasteiger charge is -2.16. The Bertz CT molecular complexity index is 637. The molecule has 1 unspecified atom stereocenters. The quantitative estimate of drug-likeness (QED) is 0.326. The van der Waals surface area contributed by atoms with E-state index >= 15 is 0 Å². The van der Waals surface area contributed by atoms with Crippen LogP contribution in [0.5, 0.6) is 0 Å². The number of carbonyl (C=O) groups is 1. The Morgan fingerprint density at radius 2 is 2.14 bits per heavy atom. The van der Waals surface area contributed by atoms with Gasteiger partial charge in [0, 0.05) is 56.9 Å². The molecule has 2 heterocycles. The molecule has 1 aromatic heterocycles. The monoisotopic (exact) mass is 523 g/mol. The van der Waals surface area contributed by atoms with Crippen LogP contribution in [-0.2, 0) is 21.4 Å². The Labute approximate surface area is 189 Å². The van der Waals surface area contributed by atoms with Crippen molar-refractivity contribution in [2.24, 2.45) is 10.9 Å². The topological polar surface area (TPSA) is 78.9 Å². The number of ether oxygens (including phenoxy) is 1. The summed E-state index contributed by atoms with van der Waals surface area (Å²) < 4.78 is 5.42. The predicted octanol–water partition coefficient (Wildman–Crippen LogP) is 2.26. The van der Waals surface area contributed by atoms with Gasteiger partial charge in [0.25, 0.3) is 0 Å². The first kappa shape index (κ1) is 25.1. The molecule has 1 aliphatic heterocycles. The smallest absolute Gasteiger partial charge is 0.243 e. The number of nitrogens with one attached hydrogen (secondary N) is 2. The Balaban J connectivity index is 0.00000392. The molecule has 28 heavy (non-hydrogen) atoms. The molecule has 0 bridgehead atoms. The summed E-state index contributed by atoms with van der Waals surface area (Å²) in [7, 11) is 3.48. The molecule has 7 nitrogen and oxygen atoms in total. The van der Waals surface area contributed by atoms with Crippen molar-refractivity contribution in [2.45, 2.75) is 39.0 Å². The Kier molecular flexibility index (Phi) is 10.7. The third kappa shape index (κ3) is 8.60. The van der Waals surface area contributed by atoms with Crippen molar-refractivity contribution in [3.05, 3.63) is 16.1 Å². The normalized spacial score (nSPS) is 17.2. The van der Waals surface area contributed by atoms with Crippen molar-refractivity contribution in [3.63, 3.8) is 0 Å². The Morgan fingerprint density at radius 1 is 1.39 bits per heavy atom. The van der Waals surface area contributed by atoms with Gasteiger partial charge in [0.15, 0.2) is 5.96 Å². The van der Waals surface area contributed by atoms with Gasteiger partial charge >= 0.3 is 0 Å². The molecule has 1 amide bonds. The zero-order valence-electron chi connectivity index (χ0n) is 17.6. The van der Waals surface area contributed by atoms with E-state index in [0.29, 0.717) is 11.9 Å². The van der Waals surface area contributed by atoms with Gasteiger partial charge in [0.05, 0.1) is 17.3 Å². The van der Waals surface area contributed by atoms with Crippen LogP contribution in [0.15, 0.2) is 10.4 Å². The number of thiazole rings is 1. The van der Waals surface area contributed by atoms with Crippen molar-refractivity contribution in [2.75, 3.05) is 46.9 Å². The highest BCUT2D eigenvalue weighted by Crippen LogP contribution is 2.25. The fraction of sp³-hybridized carbons (Fsp3) is 0.737. The summed E-state index contributed by atoms with van der Waals surface area (Å²) in [5, 5.41) is 9.95. The van der Waals surface area contributed by atoms with Crippen molar-refractivity contribution in [1.82, 2.24) is 20.5 Å². The molecule has 2 N–H and O–H groups in total. The molecule has 1 aromatic rings. The lowest BCUT2D eigenvalue weighted by molar-refractivity contribution is -0.127. The van der Waals surface area contributed by atoms with Crippen molar-refractivity contribution < 1.29 is 9.53 Å². The van der Waals surface area contributed by atoms with Gasteiger partial charge in [-0.3, -0.25) is 4.79 Å². The van der Waals surface area contributed by atoms with E-state index in [9.17, 15) is 4.79 Å². The van der Waals surface area contributed by atoms with E-state index in [1.165, 1.54) is 0 Å². The molecule has 1 atom stereocenters. The first-order chi connectivity index (χ1) is 12.8. The number of guanidine groups is 1. The predicted molar refractivity (Wildman–Crippen MR) is 126 cm³/mol. The van der Waals surface area contributed by atoms with Gasteiger partial charge in [0.1, 0.15) is 6.54 Å². The number of amides is 1. The minimum Gasteiger partial charge on any atom is -0.381 e. The van der Waals surface area contributed by atoms with Gasteiger partial charge < -0.3 is 20.3 Å². The average Bonchev–Trinajstić information content (AvgIpc) is 3.27. The number of nitrogens with zero attached hydrogens (tertiary/aromatic N) is 3. The summed E-state index contributed by atoms with van der Waals surface area (Å²) >= 11 is 1.71. The lowest BCUT2D eigenvalue weighted by atomic mass is 9.98.